The molecule has 0 bridgehead atoms. The number of imidazole rings is 1. The summed E-state index contributed by atoms with van der Waals surface area (Å²) < 4.78 is 11.1. The van der Waals surface area contributed by atoms with Crippen LogP contribution in [0.5, 0.6) is 11.5 Å². The van der Waals surface area contributed by atoms with Crippen LogP contribution in [-0.4, -0.2) is 29.1 Å². The average Bonchev–Trinajstić information content (AvgIpc) is 2.81. The van der Waals surface area contributed by atoms with E-state index >= 15 is 0 Å². The number of carbonyl (C=O) groups is 1. The van der Waals surface area contributed by atoms with Crippen LogP contribution >= 0.6 is 0 Å². The molecule has 6 nitrogen and oxygen atoms in total. The minimum Gasteiger partial charge on any atom is -0.490 e. The van der Waals surface area contributed by atoms with Crippen molar-refractivity contribution in [1.82, 2.24) is 9.97 Å². The van der Waals surface area contributed by atoms with Crippen molar-refractivity contribution in [3.8, 4) is 11.5 Å². The van der Waals surface area contributed by atoms with E-state index in [1.54, 1.807) is 30.6 Å². The van der Waals surface area contributed by atoms with Crippen molar-refractivity contribution in [2.75, 3.05) is 18.5 Å². The highest BCUT2D eigenvalue weighted by Crippen LogP contribution is 2.30. The minimum absolute atomic E-state index is 0.245. The number of amides is 1. The first-order valence-corrected chi connectivity index (χ1v) is 6.03. The van der Waals surface area contributed by atoms with E-state index in [1.165, 1.54) is 0 Å². The molecule has 3 rings (SSSR count). The predicted molar refractivity (Wildman–Crippen MR) is 68.6 cm³/mol. The van der Waals surface area contributed by atoms with Crippen LogP contribution in [0.25, 0.3) is 0 Å². The van der Waals surface area contributed by atoms with Gasteiger partial charge in [-0.25, -0.2) is 4.98 Å². The predicted octanol–water partition coefficient (Wildman–Crippen LogP) is 1.82. The Morgan fingerprint density at radius 2 is 2.11 bits per heavy atom. The molecule has 0 saturated carbocycles. The van der Waals surface area contributed by atoms with Crippen LogP contribution in [0.15, 0.2) is 30.6 Å². The summed E-state index contributed by atoms with van der Waals surface area (Å²) in [6.07, 6.45) is 4.05. The molecule has 1 aromatic carbocycles. The highest BCUT2D eigenvalue weighted by atomic mass is 16.5. The summed E-state index contributed by atoms with van der Waals surface area (Å²) in [4.78, 5) is 18.8. The molecule has 1 aliphatic rings. The van der Waals surface area contributed by atoms with Gasteiger partial charge in [0, 0.05) is 24.4 Å². The summed E-state index contributed by atoms with van der Waals surface area (Å²) in [5.41, 5.74) is 0.501. The summed E-state index contributed by atoms with van der Waals surface area (Å²) in [6.45, 7) is 1.22. The fourth-order valence-corrected chi connectivity index (χ4v) is 1.82. The van der Waals surface area contributed by atoms with E-state index < -0.39 is 0 Å². The topological polar surface area (TPSA) is 76.2 Å². The summed E-state index contributed by atoms with van der Waals surface area (Å²) in [5, 5.41) is 2.66. The van der Waals surface area contributed by atoms with Gasteiger partial charge in [0.05, 0.1) is 13.2 Å². The number of hydrogen-bond acceptors (Lipinski definition) is 4. The van der Waals surface area contributed by atoms with Gasteiger partial charge in [-0.15, -0.1) is 0 Å². The molecule has 0 atom stereocenters. The van der Waals surface area contributed by atoms with Gasteiger partial charge in [0.25, 0.3) is 5.91 Å². The van der Waals surface area contributed by atoms with Crippen molar-refractivity contribution in [1.29, 1.82) is 0 Å². The highest BCUT2D eigenvalue weighted by molar-refractivity contribution is 6.03. The quantitative estimate of drug-likeness (QED) is 0.862. The molecule has 6 heteroatoms. The molecule has 1 aliphatic heterocycles. The molecule has 0 unspecified atom stereocenters. The molecule has 2 heterocycles. The first kappa shape index (κ1) is 11.6. The van der Waals surface area contributed by atoms with E-state index in [0.717, 1.165) is 6.42 Å². The lowest BCUT2D eigenvalue weighted by Gasteiger charge is -2.08. The molecular weight excluding hydrogens is 246 g/mol. The van der Waals surface area contributed by atoms with Gasteiger partial charge in [0.2, 0.25) is 5.95 Å². The normalized spacial score (nSPS) is 13.7. The first-order valence-electron chi connectivity index (χ1n) is 6.03. The number of carbonyl (C=O) groups excluding carboxylic acids is 1. The Labute approximate surface area is 109 Å². The number of H-pyrrole nitrogens is 1. The van der Waals surface area contributed by atoms with Gasteiger partial charge in [0.1, 0.15) is 0 Å². The van der Waals surface area contributed by atoms with Gasteiger partial charge >= 0.3 is 0 Å². The standard InChI is InChI=1S/C13H13N3O3/c17-12(16-13-14-4-5-15-13)9-2-3-10-11(8-9)19-7-1-6-18-10/h2-5,8H,1,6-7H2,(H2,14,15,16,17). The number of anilines is 1. The maximum absolute atomic E-state index is 12.0. The lowest BCUT2D eigenvalue weighted by atomic mass is 10.2. The van der Waals surface area contributed by atoms with Crippen molar-refractivity contribution in [2.24, 2.45) is 0 Å². The Morgan fingerprint density at radius 1 is 1.26 bits per heavy atom. The number of aromatic nitrogens is 2. The van der Waals surface area contributed by atoms with Crippen LogP contribution < -0.4 is 14.8 Å². The van der Waals surface area contributed by atoms with Gasteiger partial charge in [-0.1, -0.05) is 0 Å². The number of ether oxygens (including phenoxy) is 2. The number of nitrogens with one attached hydrogen (secondary N) is 2. The SMILES string of the molecule is O=C(Nc1ncc[nH]1)c1ccc2c(c1)OCCCO2. The lowest BCUT2D eigenvalue weighted by molar-refractivity contribution is 0.102. The summed E-state index contributed by atoms with van der Waals surface area (Å²) in [5.74, 6) is 1.44. The highest BCUT2D eigenvalue weighted by Gasteiger charge is 2.14. The van der Waals surface area contributed by atoms with Crippen LogP contribution in [0.4, 0.5) is 5.95 Å². The van der Waals surface area contributed by atoms with Gasteiger partial charge in [-0.2, -0.15) is 0 Å². The molecule has 0 fully saturated rings. The number of fused-ring (bicyclic) bond motifs is 1. The van der Waals surface area contributed by atoms with Crippen LogP contribution in [-0.2, 0) is 0 Å². The Balaban J connectivity index is 1.81. The van der Waals surface area contributed by atoms with Crippen LogP contribution in [0.2, 0.25) is 0 Å². The molecular formula is C13H13N3O3. The third-order valence-corrected chi connectivity index (χ3v) is 2.74. The maximum atomic E-state index is 12.0. The van der Waals surface area contributed by atoms with E-state index in [4.69, 9.17) is 9.47 Å². The second-order valence-electron chi connectivity index (χ2n) is 4.10. The zero-order chi connectivity index (χ0) is 13.1. The van der Waals surface area contributed by atoms with Crippen LogP contribution in [0.3, 0.4) is 0 Å². The van der Waals surface area contributed by atoms with Gasteiger partial charge in [-0.3, -0.25) is 10.1 Å². The molecule has 1 amide bonds. The smallest absolute Gasteiger partial charge is 0.258 e. The molecule has 0 aliphatic carbocycles. The van der Waals surface area contributed by atoms with E-state index in [-0.39, 0.29) is 5.91 Å². The van der Waals surface area contributed by atoms with E-state index in [2.05, 4.69) is 15.3 Å². The molecule has 19 heavy (non-hydrogen) atoms. The summed E-state index contributed by atoms with van der Waals surface area (Å²) in [6, 6.07) is 5.13. The zero-order valence-corrected chi connectivity index (χ0v) is 10.2. The number of hydrogen-bond donors (Lipinski definition) is 2. The largest absolute Gasteiger partial charge is 0.490 e. The van der Waals surface area contributed by atoms with Gasteiger partial charge in [0.15, 0.2) is 11.5 Å². The summed E-state index contributed by atoms with van der Waals surface area (Å²) in [7, 11) is 0. The number of nitrogens with zero attached hydrogens (tertiary/aromatic N) is 1. The molecule has 0 spiro atoms. The second-order valence-corrected chi connectivity index (χ2v) is 4.10. The molecule has 0 radical (unpaired) electrons. The van der Waals surface area contributed by atoms with E-state index in [1.807, 2.05) is 0 Å². The molecule has 2 aromatic rings. The average molecular weight is 259 g/mol. The van der Waals surface area contributed by atoms with E-state index in [0.29, 0.717) is 36.2 Å². The monoisotopic (exact) mass is 259 g/mol. The lowest BCUT2D eigenvalue weighted by Crippen LogP contribution is -2.13. The van der Waals surface area contributed by atoms with Crippen molar-refractivity contribution >= 4 is 11.9 Å². The third kappa shape index (κ3) is 2.52. The van der Waals surface area contributed by atoms with Crippen molar-refractivity contribution in [2.45, 2.75) is 6.42 Å². The van der Waals surface area contributed by atoms with Crippen LogP contribution in [0.1, 0.15) is 16.8 Å². The van der Waals surface area contributed by atoms with Gasteiger partial charge < -0.3 is 14.5 Å². The summed E-state index contributed by atoms with van der Waals surface area (Å²) >= 11 is 0. The van der Waals surface area contributed by atoms with Crippen molar-refractivity contribution in [3.63, 3.8) is 0 Å². The number of rotatable bonds is 2. The molecule has 0 saturated heterocycles. The second kappa shape index (κ2) is 5.01. The Hall–Kier alpha value is -2.50. The molecule has 1 aromatic heterocycles. The Morgan fingerprint density at radius 3 is 2.89 bits per heavy atom. The van der Waals surface area contributed by atoms with Crippen molar-refractivity contribution in [3.05, 3.63) is 36.2 Å². The number of aromatic amines is 1. The fourth-order valence-electron chi connectivity index (χ4n) is 1.82. The zero-order valence-electron chi connectivity index (χ0n) is 10.2. The van der Waals surface area contributed by atoms with E-state index in [9.17, 15) is 4.79 Å². The molecule has 2 N–H and O–H groups in total. The van der Waals surface area contributed by atoms with Crippen molar-refractivity contribution < 1.29 is 14.3 Å². The maximum Gasteiger partial charge on any atom is 0.258 e. The Kier molecular flexibility index (Phi) is 3.06. The Bertz CT molecular complexity index is 581. The number of benzene rings is 1. The molecule has 98 valence electrons. The third-order valence-electron chi connectivity index (χ3n) is 2.74. The van der Waals surface area contributed by atoms with Gasteiger partial charge in [-0.05, 0) is 18.2 Å². The fraction of sp³-hybridized carbons (Fsp3) is 0.231. The minimum atomic E-state index is -0.245. The first-order chi connectivity index (χ1) is 9.33. The van der Waals surface area contributed by atoms with Crippen LogP contribution in [0, 0.1) is 0 Å².